The summed E-state index contributed by atoms with van der Waals surface area (Å²) in [4.78, 5) is 27.6. The maximum absolute atomic E-state index is 13.1. The number of anilines is 1. The summed E-state index contributed by atoms with van der Waals surface area (Å²) in [6, 6.07) is 7.97. The molecule has 1 aliphatic heterocycles. The smallest absolute Gasteiger partial charge is 0.254 e. The average Bonchev–Trinajstić information content (AvgIpc) is 2.74. The Kier molecular flexibility index (Phi) is 5.80. The van der Waals surface area contributed by atoms with E-state index in [2.05, 4.69) is 10.2 Å². The van der Waals surface area contributed by atoms with E-state index in [-0.39, 0.29) is 17.7 Å². The molecule has 0 aromatic heterocycles. The summed E-state index contributed by atoms with van der Waals surface area (Å²) in [6.07, 6.45) is 13.0. The second kappa shape index (κ2) is 8.45. The van der Waals surface area contributed by atoms with Crippen LogP contribution in [-0.4, -0.2) is 29.3 Å². The summed E-state index contributed by atoms with van der Waals surface area (Å²) in [5.74, 6) is 1.15. The minimum atomic E-state index is 0.134. The van der Waals surface area contributed by atoms with Gasteiger partial charge in [0, 0.05) is 29.8 Å². The first-order valence-corrected chi connectivity index (χ1v) is 10.9. The molecule has 3 fully saturated rings. The zero-order chi connectivity index (χ0) is 18.6. The van der Waals surface area contributed by atoms with E-state index in [9.17, 15) is 9.59 Å². The van der Waals surface area contributed by atoms with Crippen LogP contribution in [0.3, 0.4) is 0 Å². The van der Waals surface area contributed by atoms with Gasteiger partial charge in [0.2, 0.25) is 5.91 Å². The quantitative estimate of drug-likeness (QED) is 0.816. The van der Waals surface area contributed by atoms with Gasteiger partial charge in [-0.05, 0) is 68.7 Å². The Hall–Kier alpha value is -1.84. The zero-order valence-electron chi connectivity index (χ0n) is 16.3. The SMILES string of the molecule is O=C(Nc1ccc(C(=O)N2CCC[C@@H]3CCCC[C@@H]32)cc1)C1CCCCC1. The number of amides is 2. The normalized spacial score (nSPS) is 26.3. The van der Waals surface area contributed by atoms with E-state index >= 15 is 0 Å². The number of carbonyl (C=O) groups excluding carboxylic acids is 2. The monoisotopic (exact) mass is 368 g/mol. The third-order valence-electron chi connectivity index (χ3n) is 6.88. The van der Waals surface area contributed by atoms with Gasteiger partial charge < -0.3 is 10.2 Å². The summed E-state index contributed by atoms with van der Waals surface area (Å²) in [5, 5.41) is 3.04. The van der Waals surface area contributed by atoms with Gasteiger partial charge in [-0.25, -0.2) is 0 Å². The van der Waals surface area contributed by atoms with Gasteiger partial charge in [-0.3, -0.25) is 9.59 Å². The van der Waals surface area contributed by atoms with Crippen molar-refractivity contribution in [2.75, 3.05) is 11.9 Å². The van der Waals surface area contributed by atoms with Crippen LogP contribution in [0.4, 0.5) is 5.69 Å². The first kappa shape index (κ1) is 18.5. The molecule has 2 atom stereocenters. The molecule has 27 heavy (non-hydrogen) atoms. The highest BCUT2D eigenvalue weighted by molar-refractivity contribution is 5.96. The number of benzene rings is 1. The van der Waals surface area contributed by atoms with Gasteiger partial charge in [-0.15, -0.1) is 0 Å². The van der Waals surface area contributed by atoms with Gasteiger partial charge in [-0.2, -0.15) is 0 Å². The third kappa shape index (κ3) is 4.20. The molecule has 4 rings (SSSR count). The second-order valence-corrected chi connectivity index (χ2v) is 8.65. The maximum atomic E-state index is 13.1. The molecule has 3 aliphatic rings. The minimum Gasteiger partial charge on any atom is -0.335 e. The lowest BCUT2D eigenvalue weighted by Gasteiger charge is -2.44. The molecule has 146 valence electrons. The van der Waals surface area contributed by atoms with E-state index in [1.165, 1.54) is 32.1 Å². The van der Waals surface area contributed by atoms with Crippen LogP contribution in [0.15, 0.2) is 24.3 Å². The molecule has 4 nitrogen and oxygen atoms in total. The molecule has 4 heteroatoms. The fraction of sp³-hybridized carbons (Fsp3) is 0.652. The molecule has 0 radical (unpaired) electrons. The summed E-state index contributed by atoms with van der Waals surface area (Å²) in [7, 11) is 0. The van der Waals surface area contributed by atoms with E-state index in [1.807, 2.05) is 24.3 Å². The van der Waals surface area contributed by atoms with Gasteiger partial charge in [0.05, 0.1) is 0 Å². The number of rotatable bonds is 3. The average molecular weight is 369 g/mol. The van der Waals surface area contributed by atoms with Gasteiger partial charge in [0.25, 0.3) is 5.91 Å². The van der Waals surface area contributed by atoms with Crippen LogP contribution < -0.4 is 5.32 Å². The molecule has 2 aliphatic carbocycles. The highest BCUT2D eigenvalue weighted by Crippen LogP contribution is 2.36. The van der Waals surface area contributed by atoms with Gasteiger partial charge in [0.1, 0.15) is 0 Å². The van der Waals surface area contributed by atoms with Crippen molar-refractivity contribution < 1.29 is 9.59 Å². The first-order chi connectivity index (χ1) is 13.2. The lowest BCUT2D eigenvalue weighted by Crippen LogP contribution is -2.49. The molecule has 1 N–H and O–H groups in total. The Morgan fingerprint density at radius 3 is 2.26 bits per heavy atom. The largest absolute Gasteiger partial charge is 0.335 e. The fourth-order valence-electron chi connectivity index (χ4n) is 5.35. The van der Waals surface area contributed by atoms with Crippen molar-refractivity contribution in [2.45, 2.75) is 76.7 Å². The van der Waals surface area contributed by atoms with Crippen molar-refractivity contribution in [3.05, 3.63) is 29.8 Å². The van der Waals surface area contributed by atoms with Crippen molar-refractivity contribution in [1.29, 1.82) is 0 Å². The number of nitrogens with one attached hydrogen (secondary N) is 1. The number of hydrogen-bond donors (Lipinski definition) is 1. The molecular weight excluding hydrogens is 336 g/mol. The number of carbonyl (C=O) groups is 2. The van der Waals surface area contributed by atoms with Gasteiger partial charge >= 0.3 is 0 Å². The molecule has 2 amide bonds. The van der Waals surface area contributed by atoms with Crippen molar-refractivity contribution in [1.82, 2.24) is 4.90 Å². The lowest BCUT2D eigenvalue weighted by molar-refractivity contribution is -0.120. The van der Waals surface area contributed by atoms with E-state index in [4.69, 9.17) is 0 Å². The van der Waals surface area contributed by atoms with Crippen LogP contribution in [-0.2, 0) is 4.79 Å². The second-order valence-electron chi connectivity index (χ2n) is 8.65. The first-order valence-electron chi connectivity index (χ1n) is 10.9. The molecule has 2 saturated carbocycles. The van der Waals surface area contributed by atoms with Crippen molar-refractivity contribution >= 4 is 17.5 Å². The number of nitrogens with zero attached hydrogens (tertiary/aromatic N) is 1. The molecule has 1 saturated heterocycles. The highest BCUT2D eigenvalue weighted by Gasteiger charge is 2.35. The van der Waals surface area contributed by atoms with Crippen LogP contribution in [0.2, 0.25) is 0 Å². The Bertz CT molecular complexity index is 661. The van der Waals surface area contributed by atoms with Crippen LogP contribution in [0, 0.1) is 11.8 Å². The summed E-state index contributed by atoms with van der Waals surface area (Å²) < 4.78 is 0. The molecule has 1 heterocycles. The fourth-order valence-corrected chi connectivity index (χ4v) is 5.35. The summed E-state index contributed by atoms with van der Waals surface area (Å²) >= 11 is 0. The number of likely N-dealkylation sites (tertiary alicyclic amines) is 1. The zero-order valence-corrected chi connectivity index (χ0v) is 16.3. The molecule has 1 aromatic rings. The number of piperidine rings is 1. The Balaban J connectivity index is 1.39. The van der Waals surface area contributed by atoms with E-state index in [0.29, 0.717) is 12.0 Å². The van der Waals surface area contributed by atoms with Crippen LogP contribution in [0.25, 0.3) is 0 Å². The Morgan fingerprint density at radius 2 is 1.48 bits per heavy atom. The van der Waals surface area contributed by atoms with Crippen LogP contribution in [0.5, 0.6) is 0 Å². The molecule has 0 bridgehead atoms. The highest BCUT2D eigenvalue weighted by atomic mass is 16.2. The van der Waals surface area contributed by atoms with Crippen LogP contribution in [0.1, 0.15) is 81.0 Å². The third-order valence-corrected chi connectivity index (χ3v) is 6.88. The summed E-state index contributed by atoms with van der Waals surface area (Å²) in [6.45, 7) is 0.889. The van der Waals surface area contributed by atoms with Gasteiger partial charge in [-0.1, -0.05) is 32.1 Å². The Morgan fingerprint density at radius 1 is 0.815 bits per heavy atom. The van der Waals surface area contributed by atoms with Crippen molar-refractivity contribution in [2.24, 2.45) is 11.8 Å². The minimum absolute atomic E-state index is 0.134. The molecule has 1 aromatic carbocycles. The topological polar surface area (TPSA) is 49.4 Å². The maximum Gasteiger partial charge on any atom is 0.254 e. The molecular formula is C23H32N2O2. The Labute approximate surface area is 162 Å². The van der Waals surface area contributed by atoms with E-state index < -0.39 is 0 Å². The molecule has 0 spiro atoms. The summed E-state index contributed by atoms with van der Waals surface area (Å²) in [5.41, 5.74) is 1.55. The number of hydrogen-bond acceptors (Lipinski definition) is 2. The van der Waals surface area contributed by atoms with Crippen molar-refractivity contribution in [3.63, 3.8) is 0 Å². The number of fused-ring (bicyclic) bond motifs is 1. The van der Waals surface area contributed by atoms with E-state index in [1.54, 1.807) is 0 Å². The van der Waals surface area contributed by atoms with Crippen LogP contribution >= 0.6 is 0 Å². The van der Waals surface area contributed by atoms with Crippen molar-refractivity contribution in [3.8, 4) is 0 Å². The predicted octanol–water partition coefficient (Wildman–Crippen LogP) is 5.00. The standard InChI is InChI=1S/C23H32N2O2/c26-22(18-8-2-1-3-9-18)24-20-14-12-19(13-15-20)23(27)25-16-6-10-17-7-4-5-11-21(17)25/h12-15,17-18,21H,1-11,16H2,(H,24,26)/t17-,21-/m0/s1. The van der Waals surface area contributed by atoms with E-state index in [0.717, 1.165) is 56.3 Å². The van der Waals surface area contributed by atoms with Gasteiger partial charge in [0.15, 0.2) is 0 Å². The lowest BCUT2D eigenvalue weighted by atomic mass is 9.78. The predicted molar refractivity (Wildman–Crippen MR) is 108 cm³/mol. The molecule has 0 unspecified atom stereocenters.